The summed E-state index contributed by atoms with van der Waals surface area (Å²) in [7, 11) is 0. The number of rotatable bonds is 12. The molecule has 5 rings (SSSR count). The summed E-state index contributed by atoms with van der Waals surface area (Å²) in [5, 5.41) is 11.4. The second-order valence-corrected chi connectivity index (χ2v) is 20.6. The van der Waals surface area contributed by atoms with E-state index in [4.69, 9.17) is 17.2 Å². The number of nitrogens with two attached hydrogens (primary N) is 3. The first-order chi connectivity index (χ1) is 29.1. The van der Waals surface area contributed by atoms with Gasteiger partial charge in [-0.05, 0) is 155 Å². The second kappa shape index (κ2) is 28.9. The van der Waals surface area contributed by atoms with E-state index in [0.717, 1.165) is 60.5 Å². The maximum Gasteiger partial charge on any atom is 0.163 e. The molecule has 7 N–H and O–H groups in total. The predicted octanol–water partition coefficient (Wildman–Crippen LogP) is 16.3. The molecule has 0 aliphatic heterocycles. The summed E-state index contributed by atoms with van der Waals surface area (Å²) in [4.78, 5) is 13.6. The molecule has 3 saturated carbocycles. The Morgan fingerprint density at radius 2 is 1.42 bits per heavy atom. The molecule has 5 heteroatoms. The predicted molar refractivity (Wildman–Crippen MR) is 277 cm³/mol. The third kappa shape index (κ3) is 16.6. The minimum Gasteiger partial charge on any atom is -0.399 e. The molecule has 4 aliphatic carbocycles. The number of Topliss-reactive ketones (excluding diaryl/α,β-unsaturated/α-hetero) is 1. The lowest BCUT2D eigenvalue weighted by molar-refractivity contribution is -0.0813. The van der Waals surface area contributed by atoms with E-state index < -0.39 is 11.5 Å². The Bertz CT molecular complexity index is 1510. The number of hydrogen-bond donors (Lipinski definition) is 4. The third-order valence-corrected chi connectivity index (χ3v) is 14.6. The van der Waals surface area contributed by atoms with E-state index in [9.17, 15) is 9.90 Å². The van der Waals surface area contributed by atoms with E-state index in [-0.39, 0.29) is 11.2 Å². The van der Waals surface area contributed by atoms with Gasteiger partial charge >= 0.3 is 0 Å². The first kappa shape index (κ1) is 59.2. The van der Waals surface area contributed by atoms with Crippen molar-refractivity contribution in [3.63, 3.8) is 0 Å². The van der Waals surface area contributed by atoms with Gasteiger partial charge in [0.25, 0.3) is 0 Å². The fourth-order valence-electron chi connectivity index (χ4n) is 11.6. The average molecular weight is 862 g/mol. The van der Waals surface area contributed by atoms with Crippen molar-refractivity contribution in [1.29, 1.82) is 0 Å². The van der Waals surface area contributed by atoms with Crippen LogP contribution in [0.4, 0.5) is 11.4 Å². The van der Waals surface area contributed by atoms with Crippen molar-refractivity contribution in [3.05, 3.63) is 71.5 Å². The quantitative estimate of drug-likeness (QED) is 0.0723. The Labute approximate surface area is 385 Å². The minimum absolute atomic E-state index is 0.0223. The topological polar surface area (TPSA) is 115 Å². The zero-order chi connectivity index (χ0) is 48.0. The molecule has 62 heavy (non-hydrogen) atoms. The monoisotopic (exact) mass is 862 g/mol. The molecule has 1 aromatic carbocycles. The molecule has 0 spiro atoms. The van der Waals surface area contributed by atoms with Gasteiger partial charge in [0.05, 0.1) is 6.10 Å². The van der Waals surface area contributed by atoms with E-state index in [2.05, 4.69) is 102 Å². The van der Waals surface area contributed by atoms with Gasteiger partial charge in [0.2, 0.25) is 0 Å². The molecule has 3 fully saturated rings. The van der Waals surface area contributed by atoms with Crippen LogP contribution in [0.25, 0.3) is 0 Å². The van der Waals surface area contributed by atoms with Crippen molar-refractivity contribution in [2.24, 2.45) is 63.4 Å². The van der Waals surface area contributed by atoms with Crippen LogP contribution in [0.1, 0.15) is 218 Å². The summed E-state index contributed by atoms with van der Waals surface area (Å²) >= 11 is 0. The first-order valence-electron chi connectivity index (χ1n) is 25.4. The van der Waals surface area contributed by atoms with Crippen molar-refractivity contribution in [3.8, 4) is 0 Å². The summed E-state index contributed by atoms with van der Waals surface area (Å²) in [6.07, 6.45) is 24.2. The number of carbonyl (C=O) groups excluding carboxylic acids is 1. The van der Waals surface area contributed by atoms with Crippen LogP contribution in [-0.4, -0.2) is 17.0 Å². The van der Waals surface area contributed by atoms with Gasteiger partial charge < -0.3 is 22.3 Å². The van der Waals surface area contributed by atoms with Crippen LogP contribution >= 0.6 is 0 Å². The summed E-state index contributed by atoms with van der Waals surface area (Å²) in [6.45, 7) is 40.9. The SMILES string of the molecule is C=C/C(N)=C\C.CC.CC.CC(C)=CCCC(C)C.CC(C)CCCC(C)C1CCC2C3CC=C4C(C)(CC(=O)c5cc(N)cc(N)c5)C(O)CCC4(C)C3CCC12C.CCC. The molecular formula is C57H103N3O2. The number of benzene rings is 1. The molecule has 358 valence electrons. The van der Waals surface area contributed by atoms with Gasteiger partial charge in [-0.15, -0.1) is 0 Å². The largest absolute Gasteiger partial charge is 0.399 e. The van der Waals surface area contributed by atoms with Crippen LogP contribution in [0, 0.1) is 57.7 Å². The molecule has 5 nitrogen and oxygen atoms in total. The number of hydrogen-bond acceptors (Lipinski definition) is 5. The average Bonchev–Trinajstić information content (AvgIpc) is 3.58. The van der Waals surface area contributed by atoms with Crippen molar-refractivity contribution in [2.75, 3.05) is 11.5 Å². The Balaban J connectivity index is 0.00000141. The first-order valence-corrected chi connectivity index (χ1v) is 25.4. The second-order valence-electron chi connectivity index (χ2n) is 20.6. The number of nitrogen functional groups attached to an aromatic ring is 2. The van der Waals surface area contributed by atoms with Gasteiger partial charge in [-0.2, -0.15) is 0 Å². The molecule has 0 heterocycles. The van der Waals surface area contributed by atoms with Gasteiger partial charge in [0, 0.05) is 34.5 Å². The van der Waals surface area contributed by atoms with Crippen molar-refractivity contribution >= 4 is 17.2 Å². The highest BCUT2D eigenvalue weighted by Gasteiger charge is 2.62. The number of aliphatic hydroxyl groups is 1. The van der Waals surface area contributed by atoms with Crippen molar-refractivity contribution < 1.29 is 9.90 Å². The zero-order valence-electron chi connectivity index (χ0n) is 43.9. The van der Waals surface area contributed by atoms with E-state index >= 15 is 0 Å². The fourth-order valence-corrected chi connectivity index (χ4v) is 11.6. The van der Waals surface area contributed by atoms with Gasteiger partial charge in [0.1, 0.15) is 0 Å². The summed E-state index contributed by atoms with van der Waals surface area (Å²) in [6, 6.07) is 5.14. The van der Waals surface area contributed by atoms with Crippen LogP contribution in [0.3, 0.4) is 0 Å². The van der Waals surface area contributed by atoms with Crippen molar-refractivity contribution in [1.82, 2.24) is 0 Å². The lowest BCUT2D eigenvalue weighted by Gasteiger charge is -2.61. The maximum absolute atomic E-state index is 13.6. The number of anilines is 2. The zero-order valence-corrected chi connectivity index (χ0v) is 43.9. The minimum atomic E-state index is -0.557. The summed E-state index contributed by atoms with van der Waals surface area (Å²) in [5.74, 6) is 5.51. The molecule has 0 radical (unpaired) electrons. The van der Waals surface area contributed by atoms with E-state index in [1.54, 1.807) is 30.4 Å². The van der Waals surface area contributed by atoms with E-state index in [0.29, 0.717) is 34.7 Å². The van der Waals surface area contributed by atoms with Crippen LogP contribution in [0.15, 0.2) is 65.9 Å². The van der Waals surface area contributed by atoms with E-state index in [1.807, 2.05) is 34.6 Å². The fraction of sp³-hybridized carbons (Fsp3) is 0.737. The lowest BCUT2D eigenvalue weighted by atomic mass is 9.43. The highest BCUT2D eigenvalue weighted by atomic mass is 16.3. The van der Waals surface area contributed by atoms with Crippen LogP contribution in [0.5, 0.6) is 0 Å². The van der Waals surface area contributed by atoms with Gasteiger partial charge in [-0.1, -0.05) is 159 Å². The third-order valence-electron chi connectivity index (χ3n) is 14.6. The number of carbonyl (C=O) groups is 1. The number of ketones is 1. The molecule has 0 bridgehead atoms. The van der Waals surface area contributed by atoms with Gasteiger partial charge in [0.15, 0.2) is 5.78 Å². The standard InChI is InChI=1S/C36H56N2O2.C9H18.C5H9N.C3H8.2C2H6/c1-22(2)8-7-9-23(3)28-11-12-29-27-10-13-32-35(5,30(27)14-16-34(28,29)4)17-15-33(40)36(32,6)21-31(39)24-18-25(37)20-26(38)19-24;1-8(2)6-5-7-9(3)4;1-3-5(6)4-2;1-3-2;2*1-2/h13,18-20,22-23,27-30,33,40H,7-12,14-17,21,37-38H2,1-6H3;6,9H,5,7H2,1-4H3;3-4H,1,6H2,2H3;3H2,1-2H3;2*1-2H3/b;;5-4+;;;. The number of aliphatic hydroxyl groups excluding tert-OH is 1. The Morgan fingerprint density at radius 3 is 1.90 bits per heavy atom. The van der Waals surface area contributed by atoms with E-state index in [1.165, 1.54) is 75.4 Å². The maximum atomic E-state index is 13.6. The molecule has 9 unspecified atom stereocenters. The molecule has 0 saturated heterocycles. The Kier molecular flexibility index (Phi) is 27.6. The molecule has 9 atom stereocenters. The Morgan fingerprint density at radius 1 is 0.855 bits per heavy atom. The molecule has 0 aromatic heterocycles. The molecule has 4 aliphatic rings. The molecule has 0 amide bonds. The number of allylic oxidation sites excluding steroid dienone is 5. The number of fused-ring (bicyclic) bond motifs is 5. The summed E-state index contributed by atoms with van der Waals surface area (Å²) < 4.78 is 0. The van der Waals surface area contributed by atoms with Crippen LogP contribution in [0.2, 0.25) is 0 Å². The van der Waals surface area contributed by atoms with Crippen LogP contribution < -0.4 is 17.2 Å². The van der Waals surface area contributed by atoms with Gasteiger partial charge in [-0.3, -0.25) is 4.79 Å². The molecular weight excluding hydrogens is 759 g/mol. The normalized spacial score (nSPS) is 28.6. The molecule has 1 aromatic rings. The highest BCUT2D eigenvalue weighted by molar-refractivity contribution is 5.98. The lowest BCUT2D eigenvalue weighted by Crippen LogP contribution is -2.55. The summed E-state index contributed by atoms with van der Waals surface area (Å²) in [5.41, 5.74) is 22.3. The smallest absolute Gasteiger partial charge is 0.163 e. The van der Waals surface area contributed by atoms with Crippen molar-refractivity contribution in [2.45, 2.75) is 214 Å². The van der Waals surface area contributed by atoms with Gasteiger partial charge in [-0.25, -0.2) is 0 Å². The highest BCUT2D eigenvalue weighted by Crippen LogP contribution is 2.69. The van der Waals surface area contributed by atoms with Crippen LogP contribution in [-0.2, 0) is 0 Å². The Hall–Kier alpha value is -2.79.